The summed E-state index contributed by atoms with van der Waals surface area (Å²) in [5, 5.41) is 5.03. The highest BCUT2D eigenvalue weighted by atomic mass is 16.5. The quantitative estimate of drug-likeness (QED) is 0.207. The van der Waals surface area contributed by atoms with Crippen LogP contribution in [0, 0.1) is 0 Å². The number of fused-ring (bicyclic) bond motifs is 5. The van der Waals surface area contributed by atoms with E-state index in [-0.39, 0.29) is 12.1 Å². The maximum Gasteiger partial charge on any atom is 0.160 e. The molecule has 6 nitrogen and oxygen atoms in total. The minimum Gasteiger partial charge on any atom is -0.482 e. The molecule has 0 saturated carbocycles. The largest absolute Gasteiger partial charge is 0.482 e. The van der Waals surface area contributed by atoms with Crippen LogP contribution in [0.15, 0.2) is 114 Å². The van der Waals surface area contributed by atoms with Crippen molar-refractivity contribution in [3.8, 4) is 17.1 Å². The van der Waals surface area contributed by atoms with Gasteiger partial charge in [0.1, 0.15) is 28.4 Å². The van der Waals surface area contributed by atoms with E-state index in [1.807, 2.05) is 24.3 Å². The second-order valence-electron chi connectivity index (χ2n) is 13.0. The number of benzene rings is 5. The number of H-pyrrole nitrogens is 1. The molecule has 2 unspecified atom stereocenters. The van der Waals surface area contributed by atoms with Crippen molar-refractivity contribution < 1.29 is 9.15 Å². The standard InChI is InChI=1S/C41H34N4O2/c1-5-15-29-25(10-1)19-20-42-39(29)37-32(45-21-9-14-26-11-2-6-16-31(26)45)24-30-40(38(37)35-22-27-12-3-7-17-33(27)46-35)44-41(43-30)36-23-28-13-4-8-18-34(28)47-36/h1-8,10-13,15-18,22,24,36,39,42H,9,14,19-21,23H2,(H,43,44). The second kappa shape index (κ2) is 10.6. The van der Waals surface area contributed by atoms with Gasteiger partial charge in [0.2, 0.25) is 0 Å². The molecule has 5 aromatic carbocycles. The maximum atomic E-state index is 6.75. The first-order valence-electron chi connectivity index (χ1n) is 16.7. The minimum absolute atomic E-state index is 0.0382. The van der Waals surface area contributed by atoms with Crippen LogP contribution in [0.1, 0.15) is 52.2 Å². The number of hydrogen-bond acceptors (Lipinski definition) is 5. The lowest BCUT2D eigenvalue weighted by molar-refractivity contribution is 0.229. The highest BCUT2D eigenvalue weighted by Crippen LogP contribution is 2.49. The molecule has 230 valence electrons. The normalized spacial score (nSPS) is 18.6. The van der Waals surface area contributed by atoms with Crippen LogP contribution in [-0.4, -0.2) is 23.1 Å². The number of imidazole rings is 1. The fraction of sp³-hybridized carbons (Fsp3) is 0.195. The van der Waals surface area contributed by atoms with Gasteiger partial charge in [0, 0.05) is 41.8 Å². The highest BCUT2D eigenvalue weighted by Gasteiger charge is 2.34. The number of aromatic nitrogens is 2. The van der Waals surface area contributed by atoms with Crippen molar-refractivity contribution in [1.29, 1.82) is 0 Å². The van der Waals surface area contributed by atoms with Crippen molar-refractivity contribution in [3.63, 3.8) is 0 Å². The molecule has 47 heavy (non-hydrogen) atoms. The third-order valence-electron chi connectivity index (χ3n) is 10.2. The number of nitrogens with zero attached hydrogens (tertiary/aromatic N) is 2. The molecule has 0 radical (unpaired) electrons. The van der Waals surface area contributed by atoms with Crippen molar-refractivity contribution in [2.75, 3.05) is 18.0 Å². The zero-order valence-corrected chi connectivity index (χ0v) is 26.0. The number of aryl methyl sites for hydroxylation is 1. The Kier molecular flexibility index (Phi) is 6.06. The van der Waals surface area contributed by atoms with Gasteiger partial charge >= 0.3 is 0 Å². The Bertz CT molecular complexity index is 2260. The zero-order valence-electron chi connectivity index (χ0n) is 26.0. The van der Waals surface area contributed by atoms with Gasteiger partial charge in [0.25, 0.3) is 0 Å². The average Bonchev–Trinajstić information content (AvgIpc) is 3.87. The van der Waals surface area contributed by atoms with E-state index < -0.39 is 0 Å². The zero-order chi connectivity index (χ0) is 30.9. The van der Waals surface area contributed by atoms with Gasteiger partial charge in [-0.2, -0.15) is 0 Å². The predicted octanol–water partition coefficient (Wildman–Crippen LogP) is 8.97. The first-order chi connectivity index (χ1) is 23.3. The third-order valence-corrected chi connectivity index (χ3v) is 10.2. The molecule has 0 spiro atoms. The number of aromatic amines is 1. The summed E-state index contributed by atoms with van der Waals surface area (Å²) in [6, 6.07) is 38.8. The smallest absolute Gasteiger partial charge is 0.160 e. The van der Waals surface area contributed by atoms with Crippen LogP contribution in [-0.2, 0) is 19.3 Å². The first kappa shape index (κ1) is 26.8. The Morgan fingerprint density at radius 3 is 2.49 bits per heavy atom. The molecule has 0 amide bonds. The van der Waals surface area contributed by atoms with Crippen LogP contribution >= 0.6 is 0 Å². The van der Waals surface area contributed by atoms with Crippen LogP contribution in [0.3, 0.4) is 0 Å². The summed E-state index contributed by atoms with van der Waals surface area (Å²) < 4.78 is 13.2. The summed E-state index contributed by atoms with van der Waals surface area (Å²) in [5.41, 5.74) is 12.8. The lowest BCUT2D eigenvalue weighted by Crippen LogP contribution is -2.33. The first-order valence-corrected chi connectivity index (χ1v) is 16.7. The Morgan fingerprint density at radius 1 is 0.766 bits per heavy atom. The van der Waals surface area contributed by atoms with Crippen LogP contribution in [0.4, 0.5) is 11.4 Å². The van der Waals surface area contributed by atoms with E-state index >= 15 is 0 Å². The SMILES string of the molecule is c1ccc2c(c1)CC(c1nc3c(-c4cc5ccccc5o4)c(C4NCCc5ccccc54)c(N4CCCc5ccccc54)cc3[nH]1)O2. The summed E-state index contributed by atoms with van der Waals surface area (Å²) in [5.74, 6) is 2.61. The number of nitrogens with one attached hydrogen (secondary N) is 2. The van der Waals surface area contributed by atoms with E-state index in [9.17, 15) is 0 Å². The molecule has 6 heteroatoms. The van der Waals surface area contributed by atoms with Crippen molar-refractivity contribution in [3.05, 3.63) is 143 Å². The molecule has 3 aliphatic heterocycles. The molecule has 0 aliphatic carbocycles. The fourth-order valence-electron chi connectivity index (χ4n) is 8.07. The average molecular weight is 615 g/mol. The van der Waals surface area contributed by atoms with E-state index in [4.69, 9.17) is 14.1 Å². The van der Waals surface area contributed by atoms with Crippen LogP contribution < -0.4 is 15.0 Å². The summed E-state index contributed by atoms with van der Waals surface area (Å²) >= 11 is 0. The van der Waals surface area contributed by atoms with Gasteiger partial charge in [-0.15, -0.1) is 0 Å². The number of rotatable bonds is 4. The molecule has 2 N–H and O–H groups in total. The lowest BCUT2D eigenvalue weighted by Gasteiger charge is -2.37. The van der Waals surface area contributed by atoms with E-state index in [1.54, 1.807) is 0 Å². The van der Waals surface area contributed by atoms with Crippen LogP contribution in [0.25, 0.3) is 33.3 Å². The second-order valence-corrected chi connectivity index (χ2v) is 13.0. The number of hydrogen-bond donors (Lipinski definition) is 2. The summed E-state index contributed by atoms with van der Waals surface area (Å²) in [4.78, 5) is 11.7. The molecular formula is C41H34N4O2. The molecule has 2 aromatic heterocycles. The summed E-state index contributed by atoms with van der Waals surface area (Å²) in [7, 11) is 0. The lowest BCUT2D eigenvalue weighted by atomic mass is 9.84. The van der Waals surface area contributed by atoms with Crippen molar-refractivity contribution in [2.45, 2.75) is 37.8 Å². The molecule has 7 aromatic rings. The predicted molar refractivity (Wildman–Crippen MR) is 187 cm³/mol. The minimum atomic E-state index is -0.181. The molecular weight excluding hydrogens is 580 g/mol. The Balaban J connectivity index is 1.27. The van der Waals surface area contributed by atoms with Gasteiger partial charge in [-0.3, -0.25) is 0 Å². The number of para-hydroxylation sites is 3. The van der Waals surface area contributed by atoms with E-state index in [2.05, 4.69) is 100 Å². The van der Waals surface area contributed by atoms with Gasteiger partial charge in [-0.25, -0.2) is 4.98 Å². The number of furan rings is 1. The van der Waals surface area contributed by atoms with E-state index in [0.717, 1.165) is 83.7 Å². The highest BCUT2D eigenvalue weighted by molar-refractivity contribution is 6.00. The summed E-state index contributed by atoms with van der Waals surface area (Å²) in [6.45, 7) is 1.83. The number of ether oxygens (including phenoxy) is 1. The van der Waals surface area contributed by atoms with Crippen LogP contribution in [0.2, 0.25) is 0 Å². The molecule has 5 heterocycles. The van der Waals surface area contributed by atoms with Gasteiger partial charge < -0.3 is 24.4 Å². The van der Waals surface area contributed by atoms with Gasteiger partial charge in [0.15, 0.2) is 6.10 Å². The molecule has 0 saturated heterocycles. The molecule has 0 fully saturated rings. The molecule has 3 aliphatic rings. The van der Waals surface area contributed by atoms with E-state index in [1.165, 1.54) is 39.2 Å². The van der Waals surface area contributed by atoms with Crippen LogP contribution in [0.5, 0.6) is 5.75 Å². The van der Waals surface area contributed by atoms with Crippen molar-refractivity contribution in [1.82, 2.24) is 15.3 Å². The monoisotopic (exact) mass is 614 g/mol. The summed E-state index contributed by atoms with van der Waals surface area (Å²) in [6.07, 6.45) is 3.78. The molecule has 0 bridgehead atoms. The van der Waals surface area contributed by atoms with Gasteiger partial charge in [-0.1, -0.05) is 78.9 Å². The Hall–Kier alpha value is -5.33. The topological polar surface area (TPSA) is 66.3 Å². The molecule has 10 rings (SSSR count). The number of anilines is 2. The molecule has 2 atom stereocenters. The van der Waals surface area contributed by atoms with Crippen molar-refractivity contribution >= 4 is 33.4 Å². The third kappa shape index (κ3) is 4.32. The van der Waals surface area contributed by atoms with E-state index in [0.29, 0.717) is 0 Å². The van der Waals surface area contributed by atoms with Gasteiger partial charge in [-0.05, 0) is 71.8 Å². The van der Waals surface area contributed by atoms with Gasteiger partial charge in [0.05, 0.1) is 17.1 Å². The van der Waals surface area contributed by atoms with Crippen molar-refractivity contribution in [2.24, 2.45) is 0 Å². The maximum absolute atomic E-state index is 6.75. The Labute approximate surface area is 273 Å². The fourth-order valence-corrected chi connectivity index (χ4v) is 8.07. The Morgan fingerprint density at radius 2 is 1.57 bits per heavy atom.